The van der Waals surface area contributed by atoms with Crippen LogP contribution >= 0.6 is 11.3 Å². The van der Waals surface area contributed by atoms with Gasteiger partial charge in [-0.15, -0.1) is 11.3 Å². The van der Waals surface area contributed by atoms with Crippen LogP contribution in [0.5, 0.6) is 0 Å². The molecule has 2 N–H and O–H groups in total. The third-order valence-electron chi connectivity index (χ3n) is 3.46. The van der Waals surface area contributed by atoms with Crippen LogP contribution in [0.1, 0.15) is 41.8 Å². The topological polar surface area (TPSA) is 49.3 Å². The van der Waals surface area contributed by atoms with Crippen molar-refractivity contribution in [2.24, 2.45) is 5.92 Å². The summed E-state index contributed by atoms with van der Waals surface area (Å²) in [7, 11) is 0. The van der Waals surface area contributed by atoms with Gasteiger partial charge in [-0.1, -0.05) is 6.07 Å². The molecular weight excluding hydrogens is 234 g/mol. The number of amides is 1. The number of carbonyl (C=O) groups is 1. The van der Waals surface area contributed by atoms with Crippen LogP contribution in [0.2, 0.25) is 0 Å². The highest BCUT2D eigenvalue weighted by Crippen LogP contribution is 2.26. The molecule has 1 fully saturated rings. The van der Waals surface area contributed by atoms with E-state index in [9.17, 15) is 4.79 Å². The maximum absolute atomic E-state index is 11.8. The summed E-state index contributed by atoms with van der Waals surface area (Å²) in [5.74, 6) is 0.709. The number of aliphatic hydroxyl groups is 1. The van der Waals surface area contributed by atoms with Crippen LogP contribution in [-0.2, 0) is 0 Å². The number of rotatable bonds is 4. The largest absolute Gasteiger partial charge is 0.396 e. The zero-order valence-corrected chi connectivity index (χ0v) is 10.7. The van der Waals surface area contributed by atoms with Gasteiger partial charge in [-0.2, -0.15) is 0 Å². The summed E-state index contributed by atoms with van der Waals surface area (Å²) in [6.45, 7) is 0.289. The van der Waals surface area contributed by atoms with Crippen LogP contribution in [0.3, 0.4) is 0 Å². The van der Waals surface area contributed by atoms with E-state index in [0.717, 1.165) is 37.0 Å². The van der Waals surface area contributed by atoms with Crippen molar-refractivity contribution in [3.05, 3.63) is 22.4 Å². The predicted molar refractivity (Wildman–Crippen MR) is 69.2 cm³/mol. The van der Waals surface area contributed by atoms with Crippen LogP contribution < -0.4 is 5.32 Å². The highest BCUT2D eigenvalue weighted by Gasteiger charge is 2.22. The van der Waals surface area contributed by atoms with Crippen LogP contribution in [0.25, 0.3) is 0 Å². The summed E-state index contributed by atoms with van der Waals surface area (Å²) in [6.07, 6.45) is 5.24. The average molecular weight is 253 g/mol. The van der Waals surface area contributed by atoms with E-state index in [1.807, 2.05) is 17.5 Å². The third kappa shape index (κ3) is 3.54. The zero-order valence-electron chi connectivity index (χ0n) is 9.89. The maximum Gasteiger partial charge on any atom is 0.261 e. The Morgan fingerprint density at radius 1 is 1.41 bits per heavy atom. The standard InChI is InChI=1S/C13H19NO2S/c15-8-7-10-3-5-11(6-4-10)14-13(16)12-2-1-9-17-12/h1-2,9-11,15H,3-8H2,(H,14,16). The van der Waals surface area contributed by atoms with Crippen molar-refractivity contribution in [2.45, 2.75) is 38.1 Å². The molecular formula is C13H19NO2S. The van der Waals surface area contributed by atoms with Gasteiger partial charge in [0.05, 0.1) is 4.88 Å². The molecule has 1 heterocycles. The SMILES string of the molecule is O=C(NC1CCC(CCO)CC1)c1cccs1. The second kappa shape index (κ2) is 6.17. The van der Waals surface area contributed by atoms with E-state index in [4.69, 9.17) is 5.11 Å². The lowest BCUT2D eigenvalue weighted by atomic mass is 9.84. The summed E-state index contributed by atoms with van der Waals surface area (Å²) in [5.41, 5.74) is 0. The summed E-state index contributed by atoms with van der Waals surface area (Å²) in [4.78, 5) is 12.6. The predicted octanol–water partition coefficient (Wildman–Crippen LogP) is 2.42. The number of hydrogen-bond donors (Lipinski definition) is 2. The monoisotopic (exact) mass is 253 g/mol. The Kier molecular flexibility index (Phi) is 4.57. The number of thiophene rings is 1. The van der Waals surface area contributed by atoms with Crippen molar-refractivity contribution in [2.75, 3.05) is 6.61 Å². The second-order valence-electron chi connectivity index (χ2n) is 4.68. The molecule has 0 aromatic carbocycles. The van der Waals surface area contributed by atoms with E-state index >= 15 is 0 Å². The molecule has 0 saturated heterocycles. The van der Waals surface area contributed by atoms with E-state index in [2.05, 4.69) is 5.32 Å². The Bertz CT molecular complexity index is 342. The van der Waals surface area contributed by atoms with Gasteiger partial charge in [0.25, 0.3) is 5.91 Å². The maximum atomic E-state index is 11.8. The Hall–Kier alpha value is -0.870. The summed E-state index contributed by atoms with van der Waals surface area (Å²) < 4.78 is 0. The van der Waals surface area contributed by atoms with Gasteiger partial charge in [-0.05, 0) is 49.5 Å². The Balaban J connectivity index is 1.76. The molecule has 1 aliphatic rings. The van der Waals surface area contributed by atoms with Crippen molar-refractivity contribution < 1.29 is 9.90 Å². The van der Waals surface area contributed by atoms with E-state index in [1.54, 1.807) is 0 Å². The van der Waals surface area contributed by atoms with Gasteiger partial charge in [0.1, 0.15) is 0 Å². The fourth-order valence-electron chi connectivity index (χ4n) is 2.44. The molecule has 0 aliphatic heterocycles. The summed E-state index contributed by atoms with van der Waals surface area (Å²) in [6, 6.07) is 4.08. The molecule has 1 aliphatic carbocycles. The molecule has 1 aromatic rings. The minimum Gasteiger partial charge on any atom is -0.396 e. The molecule has 1 saturated carbocycles. The number of hydrogen-bond acceptors (Lipinski definition) is 3. The van der Waals surface area contributed by atoms with Crippen LogP contribution in [-0.4, -0.2) is 23.7 Å². The van der Waals surface area contributed by atoms with E-state index in [-0.39, 0.29) is 12.5 Å². The van der Waals surface area contributed by atoms with Crippen molar-refractivity contribution in [3.8, 4) is 0 Å². The average Bonchev–Trinajstić information content (AvgIpc) is 2.86. The fourth-order valence-corrected chi connectivity index (χ4v) is 3.07. The van der Waals surface area contributed by atoms with Crippen LogP contribution in [0.15, 0.2) is 17.5 Å². The molecule has 0 unspecified atom stereocenters. The summed E-state index contributed by atoms with van der Waals surface area (Å²) in [5, 5.41) is 13.9. The highest BCUT2D eigenvalue weighted by molar-refractivity contribution is 7.12. The third-order valence-corrected chi connectivity index (χ3v) is 4.33. The Morgan fingerprint density at radius 3 is 2.76 bits per heavy atom. The molecule has 1 aromatic heterocycles. The van der Waals surface area contributed by atoms with Gasteiger partial charge in [0, 0.05) is 12.6 Å². The van der Waals surface area contributed by atoms with Gasteiger partial charge < -0.3 is 10.4 Å². The molecule has 1 amide bonds. The Labute approximate surface area is 106 Å². The minimum atomic E-state index is 0.0607. The zero-order chi connectivity index (χ0) is 12.1. The normalized spacial score (nSPS) is 24.5. The van der Waals surface area contributed by atoms with Gasteiger partial charge >= 0.3 is 0 Å². The first-order valence-electron chi connectivity index (χ1n) is 6.25. The van der Waals surface area contributed by atoms with Crippen LogP contribution in [0, 0.1) is 5.92 Å². The molecule has 4 heteroatoms. The Morgan fingerprint density at radius 2 is 2.18 bits per heavy atom. The number of nitrogens with one attached hydrogen (secondary N) is 1. The van der Waals surface area contributed by atoms with Crippen molar-refractivity contribution in [3.63, 3.8) is 0 Å². The first kappa shape index (κ1) is 12.6. The quantitative estimate of drug-likeness (QED) is 0.865. The smallest absolute Gasteiger partial charge is 0.261 e. The van der Waals surface area contributed by atoms with Gasteiger partial charge in [-0.3, -0.25) is 4.79 Å². The summed E-state index contributed by atoms with van der Waals surface area (Å²) >= 11 is 1.48. The van der Waals surface area contributed by atoms with Gasteiger partial charge in [0.15, 0.2) is 0 Å². The molecule has 3 nitrogen and oxygen atoms in total. The van der Waals surface area contributed by atoms with Gasteiger partial charge in [-0.25, -0.2) is 0 Å². The molecule has 0 bridgehead atoms. The van der Waals surface area contributed by atoms with Crippen molar-refractivity contribution >= 4 is 17.2 Å². The first-order valence-corrected chi connectivity index (χ1v) is 7.13. The van der Waals surface area contributed by atoms with E-state index < -0.39 is 0 Å². The molecule has 2 rings (SSSR count). The lowest BCUT2D eigenvalue weighted by Crippen LogP contribution is -2.37. The van der Waals surface area contributed by atoms with E-state index in [1.165, 1.54) is 11.3 Å². The van der Waals surface area contributed by atoms with Crippen molar-refractivity contribution in [1.29, 1.82) is 0 Å². The lowest BCUT2D eigenvalue weighted by molar-refractivity contribution is 0.0923. The van der Waals surface area contributed by atoms with Crippen LogP contribution in [0.4, 0.5) is 0 Å². The van der Waals surface area contributed by atoms with Gasteiger partial charge in [0.2, 0.25) is 0 Å². The second-order valence-corrected chi connectivity index (χ2v) is 5.63. The minimum absolute atomic E-state index is 0.0607. The number of carbonyl (C=O) groups excluding carboxylic acids is 1. The molecule has 0 spiro atoms. The van der Waals surface area contributed by atoms with E-state index in [0.29, 0.717) is 12.0 Å². The van der Waals surface area contributed by atoms with Crippen molar-refractivity contribution in [1.82, 2.24) is 5.32 Å². The molecule has 0 atom stereocenters. The lowest BCUT2D eigenvalue weighted by Gasteiger charge is -2.28. The highest BCUT2D eigenvalue weighted by atomic mass is 32.1. The first-order chi connectivity index (χ1) is 8.29. The molecule has 0 radical (unpaired) electrons. The number of aliphatic hydroxyl groups excluding tert-OH is 1. The fraction of sp³-hybridized carbons (Fsp3) is 0.615. The molecule has 94 valence electrons. The molecule has 17 heavy (non-hydrogen) atoms.